The van der Waals surface area contributed by atoms with Crippen molar-refractivity contribution in [2.75, 3.05) is 11.9 Å². The van der Waals surface area contributed by atoms with Crippen molar-refractivity contribution < 1.29 is 18.7 Å². The second kappa shape index (κ2) is 7.45. The maximum absolute atomic E-state index is 13.1. The molecule has 1 atom stereocenters. The van der Waals surface area contributed by atoms with Crippen molar-refractivity contribution in [1.82, 2.24) is 0 Å². The van der Waals surface area contributed by atoms with Crippen molar-refractivity contribution in [1.29, 1.82) is 0 Å². The molecule has 5 heteroatoms. The number of carbonyl (C=O) groups is 1. The van der Waals surface area contributed by atoms with Crippen molar-refractivity contribution in [3.63, 3.8) is 0 Å². The summed E-state index contributed by atoms with van der Waals surface area (Å²) in [7, 11) is 0. The van der Waals surface area contributed by atoms with E-state index in [-0.39, 0.29) is 5.91 Å². The smallest absolute Gasteiger partial charge is 0.265 e. The number of rotatable bonds is 6. The van der Waals surface area contributed by atoms with E-state index in [0.29, 0.717) is 18.0 Å². The molecular weight excluding hydrogens is 285 g/mol. The predicted molar refractivity (Wildman–Crippen MR) is 82.7 cm³/mol. The van der Waals surface area contributed by atoms with E-state index in [1.807, 2.05) is 6.92 Å². The molecule has 0 aliphatic heterocycles. The largest absolute Gasteiger partial charge is 0.494 e. The topological polar surface area (TPSA) is 47.6 Å². The fraction of sp³-hybridized carbons (Fsp3) is 0.235. The van der Waals surface area contributed by atoms with Crippen LogP contribution in [-0.4, -0.2) is 18.6 Å². The van der Waals surface area contributed by atoms with Crippen molar-refractivity contribution in [2.45, 2.75) is 20.0 Å². The fourth-order valence-electron chi connectivity index (χ4n) is 1.85. The molecule has 116 valence electrons. The van der Waals surface area contributed by atoms with Gasteiger partial charge in [0.1, 0.15) is 17.3 Å². The zero-order chi connectivity index (χ0) is 15.9. The molecule has 0 spiro atoms. The molecule has 0 aliphatic rings. The summed E-state index contributed by atoms with van der Waals surface area (Å²) in [5.41, 5.74) is 0.396. The van der Waals surface area contributed by atoms with E-state index in [1.165, 1.54) is 18.2 Å². The van der Waals surface area contributed by atoms with Gasteiger partial charge in [0, 0.05) is 5.69 Å². The second-order valence-corrected chi connectivity index (χ2v) is 4.66. The third kappa shape index (κ3) is 4.48. The number of carbonyl (C=O) groups excluding carboxylic acids is 1. The average molecular weight is 303 g/mol. The molecule has 1 unspecified atom stereocenters. The minimum Gasteiger partial charge on any atom is -0.494 e. The van der Waals surface area contributed by atoms with E-state index < -0.39 is 11.9 Å². The van der Waals surface area contributed by atoms with Gasteiger partial charge in [0.2, 0.25) is 0 Å². The van der Waals surface area contributed by atoms with Gasteiger partial charge in [-0.1, -0.05) is 6.07 Å². The first-order valence-electron chi connectivity index (χ1n) is 7.04. The van der Waals surface area contributed by atoms with E-state index in [1.54, 1.807) is 37.3 Å². The Morgan fingerprint density at radius 2 is 1.86 bits per heavy atom. The lowest BCUT2D eigenvalue weighted by atomic mass is 10.3. The number of benzene rings is 2. The predicted octanol–water partition coefficient (Wildman–Crippen LogP) is 3.63. The maximum atomic E-state index is 13.1. The lowest BCUT2D eigenvalue weighted by Gasteiger charge is -2.15. The highest BCUT2D eigenvalue weighted by Crippen LogP contribution is 2.19. The highest BCUT2D eigenvalue weighted by atomic mass is 19.1. The minimum absolute atomic E-state index is 0.348. The molecule has 0 aromatic heterocycles. The van der Waals surface area contributed by atoms with E-state index >= 15 is 0 Å². The van der Waals surface area contributed by atoms with Crippen molar-refractivity contribution in [3.05, 3.63) is 54.3 Å². The highest BCUT2D eigenvalue weighted by molar-refractivity contribution is 5.94. The molecular formula is C17H18FNO3. The third-order valence-electron chi connectivity index (χ3n) is 2.91. The Morgan fingerprint density at radius 3 is 2.50 bits per heavy atom. The number of halogens is 1. The van der Waals surface area contributed by atoms with Crippen LogP contribution in [0, 0.1) is 5.82 Å². The van der Waals surface area contributed by atoms with Crippen LogP contribution in [0.4, 0.5) is 10.1 Å². The van der Waals surface area contributed by atoms with E-state index in [0.717, 1.165) is 5.75 Å². The van der Waals surface area contributed by atoms with Crippen molar-refractivity contribution in [3.8, 4) is 11.5 Å². The van der Waals surface area contributed by atoms with Crippen molar-refractivity contribution >= 4 is 11.6 Å². The summed E-state index contributed by atoms with van der Waals surface area (Å²) in [6.07, 6.45) is -0.707. The summed E-state index contributed by atoms with van der Waals surface area (Å²) in [4.78, 5) is 12.0. The second-order valence-electron chi connectivity index (χ2n) is 4.66. The molecule has 2 aromatic rings. The Hall–Kier alpha value is -2.56. The van der Waals surface area contributed by atoms with Crippen LogP contribution in [0.25, 0.3) is 0 Å². The molecule has 0 fully saturated rings. The first-order valence-corrected chi connectivity index (χ1v) is 7.04. The summed E-state index contributed by atoms with van der Waals surface area (Å²) >= 11 is 0. The van der Waals surface area contributed by atoms with Crippen LogP contribution in [0.15, 0.2) is 48.5 Å². The van der Waals surface area contributed by atoms with Crippen molar-refractivity contribution in [2.24, 2.45) is 0 Å². The van der Waals surface area contributed by atoms with Crippen LogP contribution in [-0.2, 0) is 4.79 Å². The van der Waals surface area contributed by atoms with Gasteiger partial charge in [0.05, 0.1) is 6.61 Å². The van der Waals surface area contributed by atoms with Crippen LogP contribution in [0.5, 0.6) is 11.5 Å². The standard InChI is InChI=1S/C17H18FNO3/c1-3-21-15-7-9-16(10-8-15)22-12(2)17(20)19-14-6-4-5-13(18)11-14/h4-12H,3H2,1-2H3,(H,19,20). The summed E-state index contributed by atoms with van der Waals surface area (Å²) < 4.78 is 24.0. The van der Waals surface area contributed by atoms with Gasteiger partial charge in [-0.3, -0.25) is 4.79 Å². The molecule has 0 saturated heterocycles. The Labute approximate surface area is 128 Å². The summed E-state index contributed by atoms with van der Waals surface area (Å²) in [5, 5.41) is 2.61. The molecule has 22 heavy (non-hydrogen) atoms. The normalized spacial score (nSPS) is 11.6. The lowest BCUT2D eigenvalue weighted by Crippen LogP contribution is -2.30. The Bertz CT molecular complexity index is 628. The zero-order valence-corrected chi connectivity index (χ0v) is 12.5. The SMILES string of the molecule is CCOc1ccc(OC(C)C(=O)Nc2cccc(F)c2)cc1. The quantitative estimate of drug-likeness (QED) is 0.886. The molecule has 0 saturated carbocycles. The molecule has 4 nitrogen and oxygen atoms in total. The number of hydrogen-bond donors (Lipinski definition) is 1. The molecule has 0 heterocycles. The highest BCUT2D eigenvalue weighted by Gasteiger charge is 2.15. The van der Waals surface area contributed by atoms with Gasteiger partial charge in [0.25, 0.3) is 5.91 Å². The average Bonchev–Trinajstić information content (AvgIpc) is 2.49. The third-order valence-corrected chi connectivity index (χ3v) is 2.91. The van der Waals surface area contributed by atoms with Gasteiger partial charge in [0.15, 0.2) is 6.10 Å². The number of hydrogen-bond acceptors (Lipinski definition) is 3. The maximum Gasteiger partial charge on any atom is 0.265 e. The van der Waals surface area contributed by atoms with Gasteiger partial charge in [-0.25, -0.2) is 4.39 Å². The fourth-order valence-corrected chi connectivity index (χ4v) is 1.85. The molecule has 0 bridgehead atoms. The van der Waals surface area contributed by atoms with E-state index in [2.05, 4.69) is 5.32 Å². The van der Waals surface area contributed by atoms with Gasteiger partial charge < -0.3 is 14.8 Å². The molecule has 1 amide bonds. The molecule has 2 aromatic carbocycles. The summed E-state index contributed by atoms with van der Waals surface area (Å²) in [6.45, 7) is 4.13. The van der Waals surface area contributed by atoms with Gasteiger partial charge >= 0.3 is 0 Å². The Balaban J connectivity index is 1.93. The number of amides is 1. The van der Waals surface area contributed by atoms with Crippen LogP contribution in [0.3, 0.4) is 0 Å². The summed E-state index contributed by atoms with van der Waals surface area (Å²) in [6, 6.07) is 12.7. The number of anilines is 1. The van der Waals surface area contributed by atoms with Gasteiger partial charge in [-0.15, -0.1) is 0 Å². The van der Waals surface area contributed by atoms with Gasteiger partial charge in [-0.05, 0) is 56.3 Å². The zero-order valence-electron chi connectivity index (χ0n) is 12.5. The summed E-state index contributed by atoms with van der Waals surface area (Å²) in [5.74, 6) is 0.550. The van der Waals surface area contributed by atoms with Crippen LogP contribution >= 0.6 is 0 Å². The first-order chi connectivity index (χ1) is 10.6. The molecule has 0 aliphatic carbocycles. The lowest BCUT2D eigenvalue weighted by molar-refractivity contribution is -0.122. The number of ether oxygens (including phenoxy) is 2. The Kier molecular flexibility index (Phi) is 5.36. The van der Waals surface area contributed by atoms with Crippen LogP contribution < -0.4 is 14.8 Å². The number of nitrogens with one attached hydrogen (secondary N) is 1. The molecule has 0 radical (unpaired) electrons. The monoisotopic (exact) mass is 303 g/mol. The Morgan fingerprint density at radius 1 is 1.18 bits per heavy atom. The molecule has 1 N–H and O–H groups in total. The van der Waals surface area contributed by atoms with E-state index in [4.69, 9.17) is 9.47 Å². The molecule has 2 rings (SSSR count). The van der Waals surface area contributed by atoms with Crippen LogP contribution in [0.2, 0.25) is 0 Å². The van der Waals surface area contributed by atoms with Gasteiger partial charge in [-0.2, -0.15) is 0 Å². The van der Waals surface area contributed by atoms with E-state index in [9.17, 15) is 9.18 Å². The minimum atomic E-state index is -0.707. The van der Waals surface area contributed by atoms with Crippen LogP contribution in [0.1, 0.15) is 13.8 Å². The first kappa shape index (κ1) is 15.8.